The number of hydrogen-bond acceptors (Lipinski definition) is 6. The van der Waals surface area contributed by atoms with Crippen LogP contribution in [0.15, 0.2) is 0 Å². The molecule has 188 valence electrons. The van der Waals surface area contributed by atoms with Crippen molar-refractivity contribution in [2.75, 3.05) is 13.2 Å². The molecule has 0 aromatic carbocycles. The van der Waals surface area contributed by atoms with Gasteiger partial charge in [0.1, 0.15) is 24.7 Å². The van der Waals surface area contributed by atoms with Crippen LogP contribution in [-0.2, 0) is 28.5 Å². The molecule has 33 heavy (non-hydrogen) atoms. The Bertz CT molecular complexity index is 790. The van der Waals surface area contributed by atoms with Crippen LogP contribution in [0.4, 0.5) is 26.3 Å². The highest BCUT2D eigenvalue weighted by Crippen LogP contribution is 2.64. The molecule has 12 heteroatoms. The van der Waals surface area contributed by atoms with Crippen LogP contribution in [0, 0.1) is 17.8 Å². The summed E-state index contributed by atoms with van der Waals surface area (Å²) in [5.41, 5.74) is -2.95. The molecule has 1 heterocycles. The number of ether oxygens (including phenoxy) is 4. The molecule has 0 aromatic rings. The van der Waals surface area contributed by atoms with Crippen molar-refractivity contribution >= 4 is 11.9 Å². The molecule has 5 fully saturated rings. The molecule has 5 aliphatic rings. The van der Waals surface area contributed by atoms with Crippen LogP contribution in [0.5, 0.6) is 0 Å². The Hall–Kier alpha value is -1.56. The zero-order valence-corrected chi connectivity index (χ0v) is 18.2. The predicted molar refractivity (Wildman–Crippen MR) is 97.7 cm³/mol. The van der Waals surface area contributed by atoms with Crippen LogP contribution >= 0.6 is 0 Å². The Labute approximate surface area is 186 Å². The first kappa shape index (κ1) is 24.6. The van der Waals surface area contributed by atoms with Crippen molar-refractivity contribution in [3.05, 3.63) is 0 Å². The largest absolute Gasteiger partial charge is 0.458 e. The van der Waals surface area contributed by atoms with Gasteiger partial charge < -0.3 is 18.9 Å². The average Bonchev–Trinajstić information content (AvgIpc) is 3.06. The third-order valence-electron chi connectivity index (χ3n) is 7.03. The van der Waals surface area contributed by atoms with Crippen molar-refractivity contribution < 1.29 is 54.9 Å². The lowest BCUT2D eigenvalue weighted by atomic mass is 9.51. The van der Waals surface area contributed by atoms with Crippen LogP contribution < -0.4 is 0 Å². The standard InChI is InChI=1S/C21H26F6O6/c1-17(2,22)15(28)33-18-5-11-3-12(6-18)21(13(4-11)7-18)31-9-14(32-21)8-30-16(29)19(23,24)10-20(25,26)27/h11-14H,3-10H2,1-2H3. The van der Waals surface area contributed by atoms with E-state index in [1.54, 1.807) is 0 Å². The third-order valence-corrected chi connectivity index (χ3v) is 7.03. The normalized spacial score (nSPS) is 38.1. The molecule has 0 N–H and O–H groups in total. The second-order valence-electron chi connectivity index (χ2n) is 10.3. The predicted octanol–water partition coefficient (Wildman–Crippen LogP) is 4.10. The lowest BCUT2D eigenvalue weighted by molar-refractivity contribution is -0.321. The summed E-state index contributed by atoms with van der Waals surface area (Å²) in [6.07, 6.45) is -5.93. The maximum atomic E-state index is 14.1. The number of hydrogen-bond donors (Lipinski definition) is 0. The van der Waals surface area contributed by atoms with Crippen LogP contribution in [0.3, 0.4) is 0 Å². The highest BCUT2D eigenvalue weighted by atomic mass is 19.4. The number of alkyl halides is 6. The Morgan fingerprint density at radius 2 is 1.58 bits per heavy atom. The van der Waals surface area contributed by atoms with Crippen LogP contribution in [0.25, 0.3) is 0 Å². The van der Waals surface area contributed by atoms with Gasteiger partial charge in [-0.1, -0.05) is 0 Å². The van der Waals surface area contributed by atoms with E-state index in [9.17, 15) is 35.9 Å². The van der Waals surface area contributed by atoms with Gasteiger partial charge in [0.2, 0.25) is 5.67 Å². The summed E-state index contributed by atoms with van der Waals surface area (Å²) in [6, 6.07) is 0. The third kappa shape index (κ3) is 4.69. The SMILES string of the molecule is CC(C)(F)C(=O)OC12CC3CC(C1)C1(OCC(COC(=O)C(F)(F)CC(F)(F)F)O1)C(C3)C2. The van der Waals surface area contributed by atoms with Gasteiger partial charge in [0, 0.05) is 11.8 Å². The number of carbonyl (C=O) groups excluding carboxylic acids is 2. The van der Waals surface area contributed by atoms with Crippen molar-refractivity contribution in [3.8, 4) is 0 Å². The molecule has 4 saturated carbocycles. The van der Waals surface area contributed by atoms with Crippen molar-refractivity contribution in [1.82, 2.24) is 0 Å². The highest BCUT2D eigenvalue weighted by Gasteiger charge is 2.67. The molecule has 5 rings (SSSR count). The monoisotopic (exact) mass is 488 g/mol. The van der Waals surface area contributed by atoms with Gasteiger partial charge in [0.25, 0.3) is 0 Å². The molecule has 6 nitrogen and oxygen atoms in total. The van der Waals surface area contributed by atoms with Gasteiger partial charge in [-0.05, 0) is 51.9 Å². The van der Waals surface area contributed by atoms with Gasteiger partial charge in [-0.25, -0.2) is 14.0 Å². The summed E-state index contributed by atoms with van der Waals surface area (Å²) in [6.45, 7) is 1.50. The highest BCUT2D eigenvalue weighted by molar-refractivity contribution is 5.79. The van der Waals surface area contributed by atoms with E-state index in [1.807, 2.05) is 0 Å². The number of rotatable bonds is 6. The first-order chi connectivity index (χ1) is 15.0. The number of carbonyl (C=O) groups is 2. The molecule has 1 saturated heterocycles. The van der Waals surface area contributed by atoms with Gasteiger partial charge in [0.05, 0.1) is 6.61 Å². The molecule has 4 bridgehead atoms. The molecule has 0 amide bonds. The average molecular weight is 488 g/mol. The lowest BCUT2D eigenvalue weighted by Gasteiger charge is -2.62. The molecule has 3 unspecified atom stereocenters. The molecule has 0 aromatic heterocycles. The van der Waals surface area contributed by atoms with E-state index in [-0.39, 0.29) is 24.4 Å². The van der Waals surface area contributed by atoms with Gasteiger partial charge >= 0.3 is 24.0 Å². The van der Waals surface area contributed by atoms with Crippen LogP contribution in [0.1, 0.15) is 52.4 Å². The maximum absolute atomic E-state index is 14.1. The molecule has 1 spiro atoms. The minimum atomic E-state index is -5.23. The van der Waals surface area contributed by atoms with E-state index in [1.165, 1.54) is 0 Å². The minimum Gasteiger partial charge on any atom is -0.458 e. The smallest absolute Gasteiger partial charge is 0.395 e. The van der Waals surface area contributed by atoms with E-state index in [0.717, 1.165) is 13.8 Å². The summed E-state index contributed by atoms with van der Waals surface area (Å²) < 4.78 is 99.8. The van der Waals surface area contributed by atoms with Gasteiger partial charge in [-0.2, -0.15) is 22.0 Å². The van der Waals surface area contributed by atoms with E-state index < -0.39 is 60.2 Å². The number of esters is 2. The lowest BCUT2D eigenvalue weighted by Crippen LogP contribution is -2.65. The van der Waals surface area contributed by atoms with Crippen LogP contribution in [-0.4, -0.2) is 60.4 Å². The summed E-state index contributed by atoms with van der Waals surface area (Å²) in [5.74, 6) is -9.15. The topological polar surface area (TPSA) is 71.1 Å². The second kappa shape index (κ2) is 7.73. The second-order valence-corrected chi connectivity index (χ2v) is 10.3. The van der Waals surface area contributed by atoms with Crippen molar-refractivity contribution in [1.29, 1.82) is 0 Å². The van der Waals surface area contributed by atoms with Gasteiger partial charge in [-0.3, -0.25) is 0 Å². The Kier molecular flexibility index (Phi) is 5.75. The fourth-order valence-electron chi connectivity index (χ4n) is 5.96. The van der Waals surface area contributed by atoms with Crippen LogP contribution in [0.2, 0.25) is 0 Å². The first-order valence-corrected chi connectivity index (χ1v) is 10.9. The summed E-state index contributed by atoms with van der Waals surface area (Å²) in [4.78, 5) is 23.7. The Balaban J connectivity index is 1.38. The van der Waals surface area contributed by atoms with Gasteiger partial charge in [0.15, 0.2) is 5.79 Å². The van der Waals surface area contributed by atoms with E-state index in [0.29, 0.717) is 32.1 Å². The first-order valence-electron chi connectivity index (χ1n) is 10.9. The number of halogens is 6. The minimum absolute atomic E-state index is 0.0832. The molecular formula is C21H26F6O6. The summed E-state index contributed by atoms with van der Waals surface area (Å²) >= 11 is 0. The molecule has 3 atom stereocenters. The maximum Gasteiger partial charge on any atom is 0.395 e. The fourth-order valence-corrected chi connectivity index (χ4v) is 5.96. The van der Waals surface area contributed by atoms with E-state index in [4.69, 9.17) is 14.2 Å². The Morgan fingerprint density at radius 1 is 0.970 bits per heavy atom. The van der Waals surface area contributed by atoms with Crippen molar-refractivity contribution in [2.45, 2.75) is 87.6 Å². The Morgan fingerprint density at radius 3 is 2.12 bits per heavy atom. The molecule has 1 aliphatic heterocycles. The zero-order valence-electron chi connectivity index (χ0n) is 18.2. The zero-order chi connectivity index (χ0) is 24.4. The van der Waals surface area contributed by atoms with E-state index >= 15 is 0 Å². The fraction of sp³-hybridized carbons (Fsp3) is 0.905. The van der Waals surface area contributed by atoms with Crippen molar-refractivity contribution in [3.63, 3.8) is 0 Å². The molecular weight excluding hydrogens is 462 g/mol. The summed E-state index contributed by atoms with van der Waals surface area (Å²) in [7, 11) is 0. The van der Waals surface area contributed by atoms with Crippen molar-refractivity contribution in [2.24, 2.45) is 17.8 Å². The summed E-state index contributed by atoms with van der Waals surface area (Å²) in [5, 5.41) is 0. The molecule has 0 radical (unpaired) electrons. The molecule has 4 aliphatic carbocycles. The van der Waals surface area contributed by atoms with E-state index in [2.05, 4.69) is 4.74 Å². The quantitative estimate of drug-likeness (QED) is 0.414. The van der Waals surface area contributed by atoms with Gasteiger partial charge in [-0.15, -0.1) is 0 Å².